The molecule has 21 heavy (non-hydrogen) atoms. The first kappa shape index (κ1) is 17.2. The molecule has 0 fully saturated rings. The van der Waals surface area contributed by atoms with Gasteiger partial charge >= 0.3 is 5.97 Å². The molecule has 5 heteroatoms. The van der Waals surface area contributed by atoms with E-state index in [4.69, 9.17) is 9.84 Å². The number of aliphatic hydroxyl groups excluding tert-OH is 2. The van der Waals surface area contributed by atoms with Crippen LogP contribution in [0.15, 0.2) is 36.4 Å². The quantitative estimate of drug-likeness (QED) is 0.607. The molecule has 3 N–H and O–H groups in total. The van der Waals surface area contributed by atoms with Gasteiger partial charge in [0.25, 0.3) is 0 Å². The van der Waals surface area contributed by atoms with Gasteiger partial charge in [-0.25, -0.2) is 0 Å². The van der Waals surface area contributed by atoms with Crippen molar-refractivity contribution in [2.24, 2.45) is 5.92 Å². The lowest BCUT2D eigenvalue weighted by Gasteiger charge is -2.21. The summed E-state index contributed by atoms with van der Waals surface area (Å²) in [4.78, 5) is 10.4. The fourth-order valence-electron chi connectivity index (χ4n) is 2.06. The number of carboxylic acids is 1. The molecule has 0 aromatic heterocycles. The third-order valence-corrected chi connectivity index (χ3v) is 3.27. The SMILES string of the molecule is COc1ccccc1[C@H](O)[C@@H](CO)C/C=C\CCC(=O)O. The number of aliphatic hydroxyl groups is 2. The van der Waals surface area contributed by atoms with E-state index in [2.05, 4.69) is 0 Å². The molecule has 0 aliphatic carbocycles. The Hall–Kier alpha value is -1.85. The Labute approximate surface area is 124 Å². The average Bonchev–Trinajstić information content (AvgIpc) is 2.50. The summed E-state index contributed by atoms with van der Waals surface area (Å²) < 4.78 is 5.21. The van der Waals surface area contributed by atoms with E-state index in [1.54, 1.807) is 30.4 Å². The highest BCUT2D eigenvalue weighted by Gasteiger charge is 2.21. The largest absolute Gasteiger partial charge is 0.496 e. The summed E-state index contributed by atoms with van der Waals surface area (Å²) in [5.41, 5.74) is 0.637. The van der Waals surface area contributed by atoms with E-state index in [1.165, 1.54) is 7.11 Å². The van der Waals surface area contributed by atoms with E-state index in [-0.39, 0.29) is 18.9 Å². The molecule has 2 atom stereocenters. The Bertz CT molecular complexity index is 469. The van der Waals surface area contributed by atoms with Gasteiger partial charge in [-0.3, -0.25) is 4.79 Å². The molecule has 0 aliphatic rings. The van der Waals surface area contributed by atoms with Crippen molar-refractivity contribution in [3.63, 3.8) is 0 Å². The second-order valence-electron chi connectivity index (χ2n) is 4.77. The Morgan fingerprint density at radius 1 is 1.33 bits per heavy atom. The molecule has 0 heterocycles. The molecule has 0 unspecified atom stereocenters. The molecular weight excluding hydrogens is 272 g/mol. The van der Waals surface area contributed by atoms with Gasteiger partial charge in [0.1, 0.15) is 5.75 Å². The number of hydrogen-bond acceptors (Lipinski definition) is 4. The van der Waals surface area contributed by atoms with Crippen molar-refractivity contribution in [3.05, 3.63) is 42.0 Å². The van der Waals surface area contributed by atoms with E-state index in [0.29, 0.717) is 24.2 Å². The summed E-state index contributed by atoms with van der Waals surface area (Å²) in [5, 5.41) is 28.3. The summed E-state index contributed by atoms with van der Waals surface area (Å²) in [5.74, 6) is -0.618. The summed E-state index contributed by atoms with van der Waals surface area (Å²) in [6.45, 7) is -0.164. The molecule has 0 spiro atoms. The molecule has 0 saturated heterocycles. The van der Waals surface area contributed by atoms with Crippen LogP contribution in [0.5, 0.6) is 5.75 Å². The molecule has 0 amide bonds. The van der Waals surface area contributed by atoms with Crippen LogP contribution in [0.1, 0.15) is 30.9 Å². The van der Waals surface area contributed by atoms with Crippen LogP contribution in [0.4, 0.5) is 0 Å². The summed E-state index contributed by atoms with van der Waals surface area (Å²) in [7, 11) is 1.53. The van der Waals surface area contributed by atoms with Crippen molar-refractivity contribution in [2.45, 2.75) is 25.4 Å². The minimum Gasteiger partial charge on any atom is -0.496 e. The first-order valence-corrected chi connectivity index (χ1v) is 6.88. The Morgan fingerprint density at radius 3 is 2.67 bits per heavy atom. The standard InChI is InChI=1S/C16H22O5/c1-21-14-9-6-5-8-13(14)16(20)12(11-17)7-3-2-4-10-15(18)19/h2-3,5-6,8-9,12,16-17,20H,4,7,10-11H2,1H3,(H,18,19)/b3-2-/t12-,16-/m1/s1. The van der Waals surface area contributed by atoms with E-state index in [9.17, 15) is 15.0 Å². The zero-order valence-electron chi connectivity index (χ0n) is 12.1. The topological polar surface area (TPSA) is 87.0 Å². The Morgan fingerprint density at radius 2 is 2.05 bits per heavy atom. The maximum atomic E-state index is 10.4. The number of methoxy groups -OCH3 is 1. The second kappa shape index (κ2) is 9.15. The van der Waals surface area contributed by atoms with Crippen LogP contribution in [0, 0.1) is 5.92 Å². The maximum Gasteiger partial charge on any atom is 0.303 e. The number of aliphatic carboxylic acids is 1. The zero-order valence-corrected chi connectivity index (χ0v) is 12.1. The van der Waals surface area contributed by atoms with E-state index < -0.39 is 12.1 Å². The number of hydrogen-bond donors (Lipinski definition) is 3. The highest BCUT2D eigenvalue weighted by Crippen LogP contribution is 2.31. The lowest BCUT2D eigenvalue weighted by Crippen LogP contribution is -2.16. The summed E-state index contributed by atoms with van der Waals surface area (Å²) in [6, 6.07) is 7.14. The molecule has 1 aromatic rings. The third kappa shape index (κ3) is 5.57. The van der Waals surface area contributed by atoms with Gasteiger partial charge in [-0.15, -0.1) is 0 Å². The van der Waals surface area contributed by atoms with Crippen molar-refractivity contribution >= 4 is 5.97 Å². The van der Waals surface area contributed by atoms with Crippen molar-refractivity contribution in [1.82, 2.24) is 0 Å². The molecular formula is C16H22O5. The van der Waals surface area contributed by atoms with Crippen LogP contribution >= 0.6 is 0 Å². The highest BCUT2D eigenvalue weighted by atomic mass is 16.5. The minimum absolute atomic E-state index is 0.0787. The number of para-hydroxylation sites is 1. The number of rotatable bonds is 9. The van der Waals surface area contributed by atoms with Gasteiger partial charge in [0, 0.05) is 24.5 Å². The van der Waals surface area contributed by atoms with Gasteiger partial charge in [-0.2, -0.15) is 0 Å². The van der Waals surface area contributed by atoms with Gasteiger partial charge in [-0.05, 0) is 18.9 Å². The lowest BCUT2D eigenvalue weighted by atomic mass is 9.92. The molecule has 0 saturated carbocycles. The zero-order chi connectivity index (χ0) is 15.7. The van der Waals surface area contributed by atoms with Gasteiger partial charge in [-0.1, -0.05) is 30.4 Å². The normalized spacial score (nSPS) is 14.0. The molecule has 0 aliphatic heterocycles. The van der Waals surface area contributed by atoms with Crippen LogP contribution in [-0.4, -0.2) is 35.0 Å². The highest BCUT2D eigenvalue weighted by molar-refractivity contribution is 5.66. The van der Waals surface area contributed by atoms with E-state index in [0.717, 1.165) is 0 Å². The number of allylic oxidation sites excluding steroid dienone is 2. The van der Waals surface area contributed by atoms with Gasteiger partial charge in [0.2, 0.25) is 0 Å². The van der Waals surface area contributed by atoms with Crippen LogP contribution in [-0.2, 0) is 4.79 Å². The fourth-order valence-corrected chi connectivity index (χ4v) is 2.06. The first-order valence-electron chi connectivity index (χ1n) is 6.88. The van der Waals surface area contributed by atoms with Crippen LogP contribution in [0.2, 0.25) is 0 Å². The number of ether oxygens (including phenoxy) is 1. The van der Waals surface area contributed by atoms with Crippen molar-refractivity contribution < 1.29 is 24.9 Å². The van der Waals surface area contributed by atoms with Crippen LogP contribution < -0.4 is 4.74 Å². The maximum absolute atomic E-state index is 10.4. The molecule has 5 nitrogen and oxygen atoms in total. The lowest BCUT2D eigenvalue weighted by molar-refractivity contribution is -0.136. The van der Waals surface area contributed by atoms with Crippen LogP contribution in [0.25, 0.3) is 0 Å². The Kier molecular flexibility index (Phi) is 7.50. The van der Waals surface area contributed by atoms with E-state index >= 15 is 0 Å². The van der Waals surface area contributed by atoms with Crippen molar-refractivity contribution in [3.8, 4) is 5.75 Å². The monoisotopic (exact) mass is 294 g/mol. The van der Waals surface area contributed by atoms with Gasteiger partial charge < -0.3 is 20.1 Å². The van der Waals surface area contributed by atoms with Gasteiger partial charge in [0.05, 0.1) is 13.2 Å². The fraction of sp³-hybridized carbons (Fsp3) is 0.438. The number of carbonyl (C=O) groups is 1. The molecule has 1 aromatic carbocycles. The van der Waals surface area contributed by atoms with E-state index in [1.807, 2.05) is 6.07 Å². The first-order chi connectivity index (χ1) is 10.1. The third-order valence-electron chi connectivity index (χ3n) is 3.27. The average molecular weight is 294 g/mol. The second-order valence-corrected chi connectivity index (χ2v) is 4.77. The van der Waals surface area contributed by atoms with Crippen LogP contribution in [0.3, 0.4) is 0 Å². The number of carboxylic acid groups (broad SMARTS) is 1. The Balaban J connectivity index is 2.64. The summed E-state index contributed by atoms with van der Waals surface area (Å²) in [6.07, 6.45) is 3.70. The predicted molar refractivity (Wildman–Crippen MR) is 79.2 cm³/mol. The molecule has 1 rings (SSSR count). The number of benzene rings is 1. The minimum atomic E-state index is -0.840. The van der Waals surface area contributed by atoms with Crippen molar-refractivity contribution in [2.75, 3.05) is 13.7 Å². The van der Waals surface area contributed by atoms with Crippen molar-refractivity contribution in [1.29, 1.82) is 0 Å². The molecule has 0 radical (unpaired) electrons. The summed E-state index contributed by atoms with van der Waals surface area (Å²) >= 11 is 0. The smallest absolute Gasteiger partial charge is 0.303 e. The molecule has 0 bridgehead atoms. The predicted octanol–water partition coefficient (Wildman–Crippen LogP) is 2.15. The van der Waals surface area contributed by atoms with Gasteiger partial charge in [0.15, 0.2) is 0 Å². The molecule has 116 valence electrons.